The van der Waals surface area contributed by atoms with Crippen molar-refractivity contribution in [2.24, 2.45) is 5.92 Å². The lowest BCUT2D eigenvalue weighted by molar-refractivity contribution is 0.817. The molecule has 0 saturated heterocycles. The van der Waals surface area contributed by atoms with E-state index in [1.807, 2.05) is 0 Å². The zero-order valence-electron chi connectivity index (χ0n) is 14.3. The van der Waals surface area contributed by atoms with E-state index >= 15 is 0 Å². The molecule has 0 N–H and O–H groups in total. The molecule has 0 unspecified atom stereocenters. The normalized spacial score (nSPS) is 12.8. The Bertz CT molecular complexity index is 453. The molecular formula is C18H31NSi. The Labute approximate surface area is 126 Å². The summed E-state index contributed by atoms with van der Waals surface area (Å²) in [6.07, 6.45) is 8.86. The summed E-state index contributed by atoms with van der Waals surface area (Å²) in [4.78, 5) is 4.71. The fraction of sp³-hybridized carbons (Fsp3) is 0.611. The van der Waals surface area contributed by atoms with Gasteiger partial charge in [-0.1, -0.05) is 59.5 Å². The van der Waals surface area contributed by atoms with Gasteiger partial charge in [-0.15, -0.1) is 0 Å². The molecule has 0 amide bonds. The largest absolute Gasteiger partial charge is 0.261 e. The smallest absolute Gasteiger partial charge is 0.0799 e. The number of aryl methyl sites for hydroxylation is 1. The second-order valence-electron chi connectivity index (χ2n) is 7.38. The Morgan fingerprint density at radius 2 is 1.80 bits per heavy atom. The van der Waals surface area contributed by atoms with Crippen molar-refractivity contribution in [1.29, 1.82) is 0 Å². The highest BCUT2D eigenvalue weighted by Crippen LogP contribution is 2.17. The summed E-state index contributed by atoms with van der Waals surface area (Å²) in [6.45, 7) is 16.2. The molecule has 1 aromatic heterocycles. The third-order valence-electron chi connectivity index (χ3n) is 3.51. The van der Waals surface area contributed by atoms with E-state index in [4.69, 9.17) is 4.98 Å². The van der Waals surface area contributed by atoms with E-state index < -0.39 is 8.07 Å². The maximum atomic E-state index is 4.71. The first-order valence-electron chi connectivity index (χ1n) is 7.87. The number of pyridine rings is 1. The first-order chi connectivity index (χ1) is 9.21. The van der Waals surface area contributed by atoms with Gasteiger partial charge in [0.1, 0.15) is 0 Å². The third kappa shape index (κ3) is 5.24. The van der Waals surface area contributed by atoms with Crippen LogP contribution in [0.2, 0.25) is 19.6 Å². The lowest BCUT2D eigenvalue weighted by Gasteiger charge is -2.23. The highest BCUT2D eigenvalue weighted by Gasteiger charge is 2.22. The monoisotopic (exact) mass is 289 g/mol. The first-order valence-corrected chi connectivity index (χ1v) is 11.4. The molecule has 20 heavy (non-hydrogen) atoms. The van der Waals surface area contributed by atoms with Crippen molar-refractivity contribution < 1.29 is 0 Å². The standard InChI is InChI=1S/C18H31NSi/c1-14(2)10-8-9-11-16-12-17(15(3)4)18(13-19-16)20(5,6)7/h8,10,12-15H,9,11H2,1-7H3/b10-8+. The molecule has 112 valence electrons. The summed E-state index contributed by atoms with van der Waals surface area (Å²) >= 11 is 0. The third-order valence-corrected chi connectivity index (χ3v) is 5.54. The minimum Gasteiger partial charge on any atom is -0.261 e. The van der Waals surface area contributed by atoms with Gasteiger partial charge in [0.2, 0.25) is 0 Å². The number of hydrogen-bond donors (Lipinski definition) is 0. The van der Waals surface area contributed by atoms with Crippen LogP contribution in [0.3, 0.4) is 0 Å². The quantitative estimate of drug-likeness (QED) is 0.536. The maximum Gasteiger partial charge on any atom is 0.0799 e. The molecule has 1 nitrogen and oxygen atoms in total. The predicted molar refractivity (Wildman–Crippen MR) is 93.6 cm³/mol. The summed E-state index contributed by atoms with van der Waals surface area (Å²) in [5.41, 5.74) is 2.76. The van der Waals surface area contributed by atoms with Gasteiger partial charge in [0.05, 0.1) is 8.07 Å². The molecule has 0 fully saturated rings. The molecule has 0 aliphatic rings. The van der Waals surface area contributed by atoms with Crippen molar-refractivity contribution in [1.82, 2.24) is 4.98 Å². The second-order valence-corrected chi connectivity index (χ2v) is 12.4. The van der Waals surface area contributed by atoms with Gasteiger partial charge in [-0.05, 0) is 41.5 Å². The molecule has 0 radical (unpaired) electrons. The van der Waals surface area contributed by atoms with Crippen LogP contribution >= 0.6 is 0 Å². The first kappa shape index (κ1) is 17.2. The average Bonchev–Trinajstić information content (AvgIpc) is 2.33. The number of aromatic nitrogens is 1. The summed E-state index contributed by atoms with van der Waals surface area (Å²) in [6, 6.07) is 2.35. The second kappa shape index (κ2) is 7.21. The van der Waals surface area contributed by atoms with Crippen LogP contribution in [0.4, 0.5) is 0 Å². The molecule has 0 aliphatic heterocycles. The molecule has 0 aromatic carbocycles. The Morgan fingerprint density at radius 1 is 1.15 bits per heavy atom. The van der Waals surface area contributed by atoms with Crippen LogP contribution in [0.15, 0.2) is 24.4 Å². The van der Waals surface area contributed by atoms with Crippen LogP contribution in [0.1, 0.15) is 51.3 Å². The van der Waals surface area contributed by atoms with E-state index in [1.165, 1.54) is 16.4 Å². The van der Waals surface area contributed by atoms with E-state index in [0.29, 0.717) is 11.8 Å². The van der Waals surface area contributed by atoms with Crippen molar-refractivity contribution in [3.05, 3.63) is 35.7 Å². The summed E-state index contributed by atoms with van der Waals surface area (Å²) in [7, 11) is -1.29. The van der Waals surface area contributed by atoms with E-state index in [1.54, 1.807) is 0 Å². The van der Waals surface area contributed by atoms with Gasteiger partial charge >= 0.3 is 0 Å². The van der Waals surface area contributed by atoms with Crippen LogP contribution < -0.4 is 5.19 Å². The molecule has 1 rings (SSSR count). The lowest BCUT2D eigenvalue weighted by atomic mass is 10.0. The highest BCUT2D eigenvalue weighted by molar-refractivity contribution is 6.89. The Morgan fingerprint density at radius 3 is 2.30 bits per heavy atom. The van der Waals surface area contributed by atoms with E-state index in [9.17, 15) is 0 Å². The maximum absolute atomic E-state index is 4.71. The predicted octanol–water partition coefficient (Wildman–Crippen LogP) is 4.90. The van der Waals surface area contributed by atoms with Crippen molar-refractivity contribution in [2.45, 2.75) is 66.1 Å². The Hall–Kier alpha value is -0.893. The van der Waals surface area contributed by atoms with Crippen LogP contribution in [0, 0.1) is 5.92 Å². The Balaban J connectivity index is 2.89. The summed E-state index contributed by atoms with van der Waals surface area (Å²) < 4.78 is 0. The fourth-order valence-electron chi connectivity index (χ4n) is 2.36. The summed E-state index contributed by atoms with van der Waals surface area (Å²) in [5, 5.41) is 1.52. The van der Waals surface area contributed by atoms with Crippen LogP contribution in [0.25, 0.3) is 0 Å². The zero-order chi connectivity index (χ0) is 15.3. The van der Waals surface area contributed by atoms with Gasteiger partial charge < -0.3 is 0 Å². The van der Waals surface area contributed by atoms with Crippen LogP contribution in [-0.4, -0.2) is 13.1 Å². The van der Waals surface area contributed by atoms with E-state index in [-0.39, 0.29) is 0 Å². The van der Waals surface area contributed by atoms with Gasteiger partial charge in [-0.2, -0.15) is 0 Å². The minimum atomic E-state index is -1.29. The zero-order valence-corrected chi connectivity index (χ0v) is 15.3. The number of nitrogens with zero attached hydrogens (tertiary/aromatic N) is 1. The molecule has 2 heteroatoms. The molecule has 0 atom stereocenters. The van der Waals surface area contributed by atoms with Gasteiger partial charge in [0, 0.05) is 11.9 Å². The Kier molecular flexibility index (Phi) is 6.19. The van der Waals surface area contributed by atoms with Crippen LogP contribution in [-0.2, 0) is 6.42 Å². The van der Waals surface area contributed by atoms with E-state index in [0.717, 1.165) is 12.8 Å². The molecule has 1 heterocycles. The van der Waals surface area contributed by atoms with Gasteiger partial charge in [-0.25, -0.2) is 0 Å². The molecule has 1 aromatic rings. The number of allylic oxidation sites excluding steroid dienone is 2. The molecule has 0 saturated carbocycles. The van der Waals surface area contributed by atoms with Crippen molar-refractivity contribution >= 4 is 13.3 Å². The molecular weight excluding hydrogens is 258 g/mol. The van der Waals surface area contributed by atoms with Gasteiger partial charge in [0.25, 0.3) is 0 Å². The van der Waals surface area contributed by atoms with Crippen LogP contribution in [0.5, 0.6) is 0 Å². The highest BCUT2D eigenvalue weighted by atomic mass is 28.3. The van der Waals surface area contributed by atoms with Crippen molar-refractivity contribution in [2.75, 3.05) is 0 Å². The van der Waals surface area contributed by atoms with Gasteiger partial charge in [0.15, 0.2) is 0 Å². The fourth-order valence-corrected chi connectivity index (χ4v) is 4.04. The molecule has 0 aliphatic carbocycles. The van der Waals surface area contributed by atoms with Gasteiger partial charge in [-0.3, -0.25) is 4.98 Å². The minimum absolute atomic E-state index is 0.588. The summed E-state index contributed by atoms with van der Waals surface area (Å²) in [5.74, 6) is 1.23. The average molecular weight is 290 g/mol. The molecule has 0 bridgehead atoms. The SMILES string of the molecule is CC(C)/C=C/CCc1cc(C(C)C)c([Si](C)(C)C)cn1. The lowest BCUT2D eigenvalue weighted by Crippen LogP contribution is -2.41. The number of hydrogen-bond acceptors (Lipinski definition) is 1. The topological polar surface area (TPSA) is 12.9 Å². The molecule has 0 spiro atoms. The van der Waals surface area contributed by atoms with E-state index in [2.05, 4.69) is 71.8 Å². The van der Waals surface area contributed by atoms with Crippen molar-refractivity contribution in [3.63, 3.8) is 0 Å². The number of rotatable bonds is 6. The van der Waals surface area contributed by atoms with Crippen molar-refractivity contribution in [3.8, 4) is 0 Å².